The van der Waals surface area contributed by atoms with E-state index in [0.717, 1.165) is 12.1 Å². The highest BCUT2D eigenvalue weighted by molar-refractivity contribution is 6.42. The van der Waals surface area contributed by atoms with Crippen LogP contribution in [0.2, 0.25) is 10.0 Å². The molecule has 0 aromatic heterocycles. The van der Waals surface area contributed by atoms with Gasteiger partial charge in [-0.2, -0.15) is 0 Å². The summed E-state index contributed by atoms with van der Waals surface area (Å²) in [6.45, 7) is 3.56. The topological polar surface area (TPSA) is 29.3 Å². The van der Waals surface area contributed by atoms with Crippen LogP contribution in [0, 0.1) is 0 Å². The summed E-state index contributed by atoms with van der Waals surface area (Å²) in [6, 6.07) is 14.8. The van der Waals surface area contributed by atoms with Crippen LogP contribution in [-0.2, 0) is 6.54 Å². The molecule has 2 aromatic rings. The van der Waals surface area contributed by atoms with E-state index in [9.17, 15) is 0 Å². The minimum absolute atomic E-state index is 0.185. The van der Waals surface area contributed by atoms with E-state index in [0.29, 0.717) is 16.6 Å². The second kappa shape index (κ2) is 5.98. The van der Waals surface area contributed by atoms with E-state index in [2.05, 4.69) is 42.2 Å². The number of hydrogen-bond acceptors (Lipinski definition) is 2. The van der Waals surface area contributed by atoms with E-state index >= 15 is 0 Å². The molecule has 0 spiro atoms. The smallest absolute Gasteiger partial charge is 0.0640 e. The standard InChI is InChI=1S/C17H18Cl2N2/c1-11(12-5-3-2-4-6-12)21-10-14-13(16(21)9-20)7-8-15(18)17(14)19/h2-8,11,16H,9-10,20H2,1H3. The van der Waals surface area contributed by atoms with Gasteiger partial charge in [0.2, 0.25) is 0 Å². The molecular weight excluding hydrogens is 303 g/mol. The van der Waals surface area contributed by atoms with Gasteiger partial charge in [0.15, 0.2) is 0 Å². The Morgan fingerprint density at radius 2 is 1.90 bits per heavy atom. The summed E-state index contributed by atoms with van der Waals surface area (Å²) in [6.07, 6.45) is 0. The molecule has 1 aliphatic heterocycles. The van der Waals surface area contributed by atoms with Crippen molar-refractivity contribution in [2.45, 2.75) is 25.6 Å². The lowest BCUT2D eigenvalue weighted by molar-refractivity contribution is 0.161. The number of benzene rings is 2. The van der Waals surface area contributed by atoms with E-state index < -0.39 is 0 Å². The minimum Gasteiger partial charge on any atom is -0.329 e. The highest BCUT2D eigenvalue weighted by Gasteiger charge is 2.34. The van der Waals surface area contributed by atoms with Gasteiger partial charge >= 0.3 is 0 Å². The van der Waals surface area contributed by atoms with Gasteiger partial charge in [-0.25, -0.2) is 0 Å². The molecule has 110 valence electrons. The molecule has 4 heteroatoms. The van der Waals surface area contributed by atoms with Crippen LogP contribution in [0.4, 0.5) is 0 Å². The first-order valence-corrected chi connectivity index (χ1v) is 7.86. The molecule has 2 unspecified atom stereocenters. The third-order valence-electron chi connectivity index (χ3n) is 4.34. The third kappa shape index (κ3) is 2.58. The summed E-state index contributed by atoms with van der Waals surface area (Å²) in [5.74, 6) is 0. The summed E-state index contributed by atoms with van der Waals surface area (Å²) in [4.78, 5) is 2.39. The van der Waals surface area contributed by atoms with Crippen LogP contribution >= 0.6 is 23.2 Å². The first-order chi connectivity index (χ1) is 10.1. The van der Waals surface area contributed by atoms with Crippen LogP contribution in [0.25, 0.3) is 0 Å². The Bertz CT molecular complexity index is 643. The van der Waals surface area contributed by atoms with Crippen molar-refractivity contribution in [3.8, 4) is 0 Å². The molecule has 3 rings (SSSR count). The number of hydrogen-bond donors (Lipinski definition) is 1. The molecule has 0 fully saturated rings. The quantitative estimate of drug-likeness (QED) is 0.897. The molecule has 1 heterocycles. The van der Waals surface area contributed by atoms with Gasteiger partial charge < -0.3 is 5.73 Å². The maximum Gasteiger partial charge on any atom is 0.0640 e. The van der Waals surface area contributed by atoms with Crippen molar-refractivity contribution >= 4 is 23.2 Å². The molecule has 21 heavy (non-hydrogen) atoms. The van der Waals surface area contributed by atoms with Crippen LogP contribution in [0.1, 0.15) is 35.7 Å². The summed E-state index contributed by atoms with van der Waals surface area (Å²) < 4.78 is 0. The predicted octanol–water partition coefficient (Wildman–Crippen LogP) is 4.57. The second-order valence-electron chi connectivity index (χ2n) is 5.44. The fraction of sp³-hybridized carbons (Fsp3) is 0.294. The SMILES string of the molecule is CC(c1ccccc1)N1Cc2c(ccc(Cl)c2Cl)C1CN. The van der Waals surface area contributed by atoms with Crippen LogP contribution in [0.3, 0.4) is 0 Å². The highest BCUT2D eigenvalue weighted by Crippen LogP contribution is 2.43. The average Bonchev–Trinajstić information content (AvgIpc) is 2.90. The summed E-state index contributed by atoms with van der Waals surface area (Å²) >= 11 is 12.5. The Morgan fingerprint density at radius 1 is 1.19 bits per heavy atom. The molecule has 1 aliphatic rings. The fourth-order valence-corrected chi connectivity index (χ4v) is 3.55. The van der Waals surface area contributed by atoms with Crippen molar-refractivity contribution in [1.29, 1.82) is 0 Å². The molecule has 0 amide bonds. The Hall–Kier alpha value is -1.06. The molecule has 0 saturated carbocycles. The Morgan fingerprint density at radius 3 is 2.57 bits per heavy atom. The average molecular weight is 321 g/mol. The Labute approximate surface area is 135 Å². The fourth-order valence-electron chi connectivity index (χ4n) is 3.14. The van der Waals surface area contributed by atoms with E-state index in [1.165, 1.54) is 11.1 Å². The van der Waals surface area contributed by atoms with Crippen molar-refractivity contribution in [3.63, 3.8) is 0 Å². The number of fused-ring (bicyclic) bond motifs is 1. The van der Waals surface area contributed by atoms with Crippen molar-refractivity contribution < 1.29 is 0 Å². The summed E-state index contributed by atoms with van der Waals surface area (Å²) in [5, 5.41) is 1.27. The van der Waals surface area contributed by atoms with Gasteiger partial charge in [0, 0.05) is 25.2 Å². The van der Waals surface area contributed by atoms with Crippen LogP contribution < -0.4 is 5.73 Å². The van der Waals surface area contributed by atoms with Crippen LogP contribution in [0.15, 0.2) is 42.5 Å². The van der Waals surface area contributed by atoms with Crippen molar-refractivity contribution in [2.24, 2.45) is 5.73 Å². The maximum absolute atomic E-state index is 6.38. The van der Waals surface area contributed by atoms with Crippen LogP contribution in [-0.4, -0.2) is 11.4 Å². The largest absolute Gasteiger partial charge is 0.329 e. The molecule has 0 saturated heterocycles. The molecule has 2 N–H and O–H groups in total. The zero-order valence-electron chi connectivity index (χ0n) is 11.9. The lowest BCUT2D eigenvalue weighted by Gasteiger charge is -2.30. The Kier molecular flexibility index (Phi) is 4.23. The number of nitrogens with two attached hydrogens (primary N) is 1. The van der Waals surface area contributed by atoms with E-state index in [4.69, 9.17) is 28.9 Å². The number of nitrogens with zero attached hydrogens (tertiary/aromatic N) is 1. The minimum atomic E-state index is 0.185. The molecule has 2 atom stereocenters. The number of rotatable bonds is 3. The molecule has 0 aliphatic carbocycles. The van der Waals surface area contributed by atoms with Crippen molar-refractivity contribution in [3.05, 3.63) is 69.2 Å². The van der Waals surface area contributed by atoms with Crippen LogP contribution in [0.5, 0.6) is 0 Å². The zero-order chi connectivity index (χ0) is 15.0. The molecular formula is C17H18Cl2N2. The zero-order valence-corrected chi connectivity index (χ0v) is 13.4. The normalized spacial score (nSPS) is 19.5. The molecule has 0 radical (unpaired) electrons. The second-order valence-corrected chi connectivity index (χ2v) is 6.22. The molecule has 2 aromatic carbocycles. The maximum atomic E-state index is 6.38. The predicted molar refractivity (Wildman–Crippen MR) is 88.7 cm³/mol. The van der Waals surface area contributed by atoms with Gasteiger partial charge in [-0.3, -0.25) is 4.90 Å². The number of halogens is 2. The van der Waals surface area contributed by atoms with Gasteiger partial charge in [-0.05, 0) is 29.7 Å². The van der Waals surface area contributed by atoms with Crippen molar-refractivity contribution in [1.82, 2.24) is 4.90 Å². The monoisotopic (exact) mass is 320 g/mol. The highest BCUT2D eigenvalue weighted by atomic mass is 35.5. The van der Waals surface area contributed by atoms with Gasteiger partial charge in [-0.15, -0.1) is 0 Å². The van der Waals surface area contributed by atoms with E-state index in [-0.39, 0.29) is 12.1 Å². The van der Waals surface area contributed by atoms with E-state index in [1.807, 2.05) is 12.1 Å². The van der Waals surface area contributed by atoms with Gasteiger partial charge in [0.05, 0.1) is 10.0 Å². The summed E-state index contributed by atoms with van der Waals surface area (Å²) in [7, 11) is 0. The third-order valence-corrected chi connectivity index (χ3v) is 5.18. The molecule has 2 nitrogen and oxygen atoms in total. The molecule has 0 bridgehead atoms. The lowest BCUT2D eigenvalue weighted by atomic mass is 10.0. The Balaban J connectivity index is 1.97. The van der Waals surface area contributed by atoms with Crippen molar-refractivity contribution in [2.75, 3.05) is 6.54 Å². The summed E-state index contributed by atoms with van der Waals surface area (Å²) in [5.41, 5.74) is 9.63. The van der Waals surface area contributed by atoms with Gasteiger partial charge in [-0.1, -0.05) is 59.6 Å². The van der Waals surface area contributed by atoms with Gasteiger partial charge in [0.25, 0.3) is 0 Å². The van der Waals surface area contributed by atoms with E-state index in [1.54, 1.807) is 0 Å². The lowest BCUT2D eigenvalue weighted by Crippen LogP contribution is -2.30. The first kappa shape index (κ1) is 14.9. The first-order valence-electron chi connectivity index (χ1n) is 7.11. The van der Waals surface area contributed by atoms with Gasteiger partial charge in [0.1, 0.15) is 0 Å².